The van der Waals surface area contributed by atoms with Crippen molar-refractivity contribution in [3.05, 3.63) is 40.7 Å². The SMILES string of the molecule is O=C(CCl)c1csc(N2CCc3ccc(F)cc32)n1. The highest BCUT2D eigenvalue weighted by Gasteiger charge is 2.24. The number of ketones is 1. The Morgan fingerprint density at radius 1 is 1.53 bits per heavy atom. The molecule has 3 rings (SSSR count). The van der Waals surface area contributed by atoms with Gasteiger partial charge in [-0.05, 0) is 24.1 Å². The van der Waals surface area contributed by atoms with Gasteiger partial charge in [-0.25, -0.2) is 9.37 Å². The van der Waals surface area contributed by atoms with Crippen molar-refractivity contribution in [2.75, 3.05) is 17.3 Å². The predicted octanol–water partition coefficient (Wildman–Crippen LogP) is 3.40. The summed E-state index contributed by atoms with van der Waals surface area (Å²) < 4.78 is 13.3. The highest BCUT2D eigenvalue weighted by Crippen LogP contribution is 2.36. The van der Waals surface area contributed by atoms with Gasteiger partial charge in [0.2, 0.25) is 0 Å². The smallest absolute Gasteiger partial charge is 0.196 e. The summed E-state index contributed by atoms with van der Waals surface area (Å²) in [6.45, 7) is 0.751. The second-order valence-corrected chi connectivity index (χ2v) is 5.35. The average molecular weight is 297 g/mol. The lowest BCUT2D eigenvalue weighted by atomic mass is 10.2. The molecule has 1 aliphatic rings. The zero-order valence-electron chi connectivity index (χ0n) is 9.90. The maximum absolute atomic E-state index is 13.3. The van der Waals surface area contributed by atoms with Crippen LogP contribution in [0.2, 0.25) is 0 Å². The first-order valence-electron chi connectivity index (χ1n) is 5.79. The molecule has 0 radical (unpaired) electrons. The summed E-state index contributed by atoms with van der Waals surface area (Å²) in [5.41, 5.74) is 2.31. The lowest BCUT2D eigenvalue weighted by Gasteiger charge is -2.15. The summed E-state index contributed by atoms with van der Waals surface area (Å²) in [4.78, 5) is 17.7. The van der Waals surface area contributed by atoms with Crippen LogP contribution in [-0.2, 0) is 6.42 Å². The van der Waals surface area contributed by atoms with E-state index in [-0.39, 0.29) is 17.5 Å². The van der Waals surface area contributed by atoms with Gasteiger partial charge >= 0.3 is 0 Å². The largest absolute Gasteiger partial charge is 0.317 e. The first-order chi connectivity index (χ1) is 9.19. The van der Waals surface area contributed by atoms with Crippen LogP contribution >= 0.6 is 22.9 Å². The molecule has 19 heavy (non-hydrogen) atoms. The van der Waals surface area contributed by atoms with Crippen molar-refractivity contribution >= 4 is 39.5 Å². The predicted molar refractivity (Wildman–Crippen MR) is 74.3 cm³/mol. The van der Waals surface area contributed by atoms with Gasteiger partial charge in [-0.15, -0.1) is 22.9 Å². The number of alkyl halides is 1. The van der Waals surface area contributed by atoms with Crippen molar-refractivity contribution in [3.63, 3.8) is 0 Å². The molecule has 98 valence electrons. The molecular weight excluding hydrogens is 287 g/mol. The van der Waals surface area contributed by atoms with Crippen molar-refractivity contribution < 1.29 is 9.18 Å². The Bertz CT molecular complexity index is 643. The van der Waals surface area contributed by atoms with E-state index in [1.165, 1.54) is 23.5 Å². The van der Waals surface area contributed by atoms with E-state index in [4.69, 9.17) is 11.6 Å². The molecule has 0 fully saturated rings. The van der Waals surface area contributed by atoms with Crippen LogP contribution in [0, 0.1) is 5.82 Å². The highest BCUT2D eigenvalue weighted by molar-refractivity contribution is 7.14. The second-order valence-electron chi connectivity index (χ2n) is 4.25. The molecule has 0 atom stereocenters. The average Bonchev–Trinajstić information content (AvgIpc) is 3.03. The molecule has 0 N–H and O–H groups in total. The van der Waals surface area contributed by atoms with Gasteiger partial charge in [-0.1, -0.05) is 6.07 Å². The number of hydrogen-bond donors (Lipinski definition) is 0. The van der Waals surface area contributed by atoms with Gasteiger partial charge in [-0.2, -0.15) is 0 Å². The Morgan fingerprint density at radius 2 is 2.37 bits per heavy atom. The van der Waals surface area contributed by atoms with Gasteiger partial charge in [-0.3, -0.25) is 4.79 Å². The molecule has 0 amide bonds. The maximum atomic E-state index is 13.3. The molecule has 0 aliphatic carbocycles. The van der Waals surface area contributed by atoms with E-state index in [0.717, 1.165) is 24.2 Å². The number of carbonyl (C=O) groups is 1. The lowest BCUT2D eigenvalue weighted by molar-refractivity contribution is 0.101. The Labute approximate surface area is 118 Å². The van der Waals surface area contributed by atoms with Gasteiger partial charge in [0.1, 0.15) is 11.5 Å². The molecule has 1 aromatic carbocycles. The minimum absolute atomic E-state index is 0.0750. The fraction of sp³-hybridized carbons (Fsp3) is 0.231. The van der Waals surface area contributed by atoms with Crippen molar-refractivity contribution in [3.8, 4) is 0 Å². The van der Waals surface area contributed by atoms with Crippen molar-refractivity contribution in [2.24, 2.45) is 0 Å². The zero-order chi connectivity index (χ0) is 13.4. The molecule has 0 unspecified atom stereocenters. The van der Waals surface area contributed by atoms with Crippen molar-refractivity contribution in [2.45, 2.75) is 6.42 Å². The Morgan fingerprint density at radius 3 is 3.16 bits per heavy atom. The number of aromatic nitrogens is 1. The van der Waals surface area contributed by atoms with Crippen LogP contribution in [0.3, 0.4) is 0 Å². The minimum Gasteiger partial charge on any atom is -0.317 e. The number of nitrogens with zero attached hydrogens (tertiary/aromatic N) is 2. The van der Waals surface area contributed by atoms with Crippen LogP contribution in [-0.4, -0.2) is 23.2 Å². The van der Waals surface area contributed by atoms with Crippen molar-refractivity contribution in [1.82, 2.24) is 4.98 Å². The molecule has 0 saturated heterocycles. The number of halogens is 2. The summed E-state index contributed by atoms with van der Waals surface area (Å²) in [7, 11) is 0. The lowest BCUT2D eigenvalue weighted by Crippen LogP contribution is -2.13. The monoisotopic (exact) mass is 296 g/mol. The quantitative estimate of drug-likeness (QED) is 0.643. The van der Waals surface area contributed by atoms with E-state index in [1.807, 2.05) is 4.90 Å². The first-order valence-corrected chi connectivity index (χ1v) is 7.21. The molecule has 0 spiro atoms. The number of thiazole rings is 1. The normalized spacial score (nSPS) is 13.7. The number of hydrogen-bond acceptors (Lipinski definition) is 4. The highest BCUT2D eigenvalue weighted by atomic mass is 35.5. The van der Waals surface area contributed by atoms with Crippen LogP contribution in [0.4, 0.5) is 15.2 Å². The third-order valence-corrected chi connectivity index (χ3v) is 4.18. The van der Waals surface area contributed by atoms with Crippen LogP contribution in [0.25, 0.3) is 0 Å². The van der Waals surface area contributed by atoms with Crippen LogP contribution in [0.5, 0.6) is 0 Å². The minimum atomic E-state index is -0.265. The number of Topliss-reactive ketones (excluding diaryl/α,β-unsaturated/α-hetero) is 1. The van der Waals surface area contributed by atoms with Crippen LogP contribution in [0.15, 0.2) is 23.6 Å². The Balaban J connectivity index is 1.95. The number of carbonyl (C=O) groups excluding carboxylic acids is 1. The molecule has 0 bridgehead atoms. The molecule has 6 heteroatoms. The Hall–Kier alpha value is -1.46. The molecule has 2 aromatic rings. The van der Waals surface area contributed by atoms with Gasteiger partial charge in [0.25, 0.3) is 0 Å². The number of anilines is 2. The Kier molecular flexibility index (Phi) is 3.24. The van der Waals surface area contributed by atoms with Gasteiger partial charge in [0.05, 0.1) is 5.88 Å². The van der Waals surface area contributed by atoms with E-state index in [2.05, 4.69) is 4.98 Å². The van der Waals surface area contributed by atoms with E-state index >= 15 is 0 Å². The fourth-order valence-corrected chi connectivity index (χ4v) is 3.14. The number of benzene rings is 1. The van der Waals surface area contributed by atoms with E-state index in [9.17, 15) is 9.18 Å². The summed E-state index contributed by atoms with van der Waals surface area (Å²) in [5, 5.41) is 2.40. The molecular formula is C13H10ClFN2OS. The van der Waals surface area contributed by atoms with E-state index in [1.54, 1.807) is 11.4 Å². The molecule has 2 heterocycles. The summed E-state index contributed by atoms with van der Waals surface area (Å²) in [5.74, 6) is -0.531. The van der Waals surface area contributed by atoms with E-state index in [0.29, 0.717) is 10.8 Å². The molecule has 1 aliphatic heterocycles. The summed E-state index contributed by atoms with van der Waals surface area (Å²) >= 11 is 6.88. The third kappa shape index (κ3) is 2.24. The van der Waals surface area contributed by atoms with E-state index < -0.39 is 0 Å². The molecule has 1 aromatic heterocycles. The van der Waals surface area contributed by atoms with Gasteiger partial charge in [0.15, 0.2) is 10.9 Å². The second kappa shape index (κ2) is 4.90. The van der Waals surface area contributed by atoms with Crippen LogP contribution in [0.1, 0.15) is 16.1 Å². The van der Waals surface area contributed by atoms with Gasteiger partial charge < -0.3 is 4.90 Å². The third-order valence-electron chi connectivity index (χ3n) is 3.07. The fourth-order valence-electron chi connectivity index (χ4n) is 2.14. The summed E-state index contributed by atoms with van der Waals surface area (Å²) in [6, 6.07) is 4.77. The standard InChI is InChI=1S/C13H10ClFN2OS/c14-6-12(18)10-7-19-13(16-10)17-4-3-8-1-2-9(15)5-11(8)17/h1-2,5,7H,3-4,6H2. The van der Waals surface area contributed by atoms with Gasteiger partial charge in [0, 0.05) is 17.6 Å². The zero-order valence-corrected chi connectivity index (χ0v) is 11.5. The number of fused-ring (bicyclic) bond motifs is 1. The first kappa shape index (κ1) is 12.6. The van der Waals surface area contributed by atoms with Crippen LogP contribution < -0.4 is 4.90 Å². The number of rotatable bonds is 3. The molecule has 3 nitrogen and oxygen atoms in total. The summed E-state index contributed by atoms with van der Waals surface area (Å²) in [6.07, 6.45) is 0.855. The molecule has 0 saturated carbocycles. The maximum Gasteiger partial charge on any atom is 0.196 e. The topological polar surface area (TPSA) is 33.2 Å². The van der Waals surface area contributed by atoms with Crippen molar-refractivity contribution in [1.29, 1.82) is 0 Å².